The first kappa shape index (κ1) is 13.1. The van der Waals surface area contributed by atoms with E-state index in [2.05, 4.69) is 20.8 Å². The lowest BCUT2D eigenvalue weighted by molar-refractivity contribution is 0.0698. The number of H-pyrrole nitrogens is 1. The number of hydrogen-bond acceptors (Lipinski definition) is 4. The van der Waals surface area contributed by atoms with Gasteiger partial charge in [-0.05, 0) is 23.6 Å². The van der Waals surface area contributed by atoms with E-state index < -0.39 is 12.0 Å². The number of rotatable bonds is 3. The first-order valence-electron chi connectivity index (χ1n) is 5.96. The SMILES string of the molecule is O=C(Nc1sccc1C(=O)O)Nc1cccc2[nH]ncc12. The molecule has 0 spiro atoms. The summed E-state index contributed by atoms with van der Waals surface area (Å²) >= 11 is 1.15. The van der Waals surface area contributed by atoms with Crippen LogP contribution in [0.1, 0.15) is 10.4 Å². The van der Waals surface area contributed by atoms with Crippen LogP contribution < -0.4 is 10.6 Å². The van der Waals surface area contributed by atoms with Gasteiger partial charge >= 0.3 is 12.0 Å². The molecule has 0 aliphatic heterocycles. The molecule has 2 amide bonds. The molecule has 3 aromatic rings. The third kappa shape index (κ3) is 2.56. The van der Waals surface area contributed by atoms with Gasteiger partial charge < -0.3 is 10.4 Å². The minimum atomic E-state index is -1.08. The maximum absolute atomic E-state index is 12.0. The Kier molecular flexibility index (Phi) is 3.28. The quantitative estimate of drug-likeness (QED) is 0.596. The van der Waals surface area contributed by atoms with Gasteiger partial charge in [-0.1, -0.05) is 6.07 Å². The molecule has 21 heavy (non-hydrogen) atoms. The summed E-state index contributed by atoms with van der Waals surface area (Å²) in [5.74, 6) is -1.08. The van der Waals surface area contributed by atoms with E-state index >= 15 is 0 Å². The first-order chi connectivity index (χ1) is 10.1. The van der Waals surface area contributed by atoms with Crippen molar-refractivity contribution in [2.75, 3.05) is 10.6 Å². The van der Waals surface area contributed by atoms with Crippen LogP contribution in [0.2, 0.25) is 0 Å². The highest BCUT2D eigenvalue weighted by Gasteiger charge is 2.14. The van der Waals surface area contributed by atoms with E-state index in [1.54, 1.807) is 23.7 Å². The lowest BCUT2D eigenvalue weighted by Gasteiger charge is -2.07. The zero-order valence-corrected chi connectivity index (χ0v) is 11.4. The van der Waals surface area contributed by atoms with Crippen LogP contribution in [-0.4, -0.2) is 27.3 Å². The molecule has 0 saturated carbocycles. The van der Waals surface area contributed by atoms with Gasteiger partial charge in [0.25, 0.3) is 0 Å². The minimum Gasteiger partial charge on any atom is -0.478 e. The Labute approximate surface area is 122 Å². The predicted octanol–water partition coefficient (Wildman–Crippen LogP) is 2.97. The van der Waals surface area contributed by atoms with Crippen molar-refractivity contribution in [1.29, 1.82) is 0 Å². The van der Waals surface area contributed by atoms with E-state index in [9.17, 15) is 9.59 Å². The number of amides is 2. The number of fused-ring (bicyclic) bond motifs is 1. The van der Waals surface area contributed by atoms with Crippen LogP contribution in [0.4, 0.5) is 15.5 Å². The number of carboxylic acid groups (broad SMARTS) is 1. The number of nitrogens with one attached hydrogen (secondary N) is 3. The van der Waals surface area contributed by atoms with Crippen LogP contribution in [0.25, 0.3) is 10.9 Å². The highest BCUT2D eigenvalue weighted by atomic mass is 32.1. The molecule has 0 aliphatic rings. The van der Waals surface area contributed by atoms with Gasteiger partial charge in [-0.25, -0.2) is 9.59 Å². The molecule has 0 fully saturated rings. The molecule has 0 bridgehead atoms. The summed E-state index contributed by atoms with van der Waals surface area (Å²) in [5.41, 5.74) is 1.46. The monoisotopic (exact) mass is 302 g/mol. The molecule has 1 aromatic carbocycles. The van der Waals surface area contributed by atoms with Crippen LogP contribution in [0, 0.1) is 0 Å². The minimum absolute atomic E-state index is 0.0664. The van der Waals surface area contributed by atoms with Crippen LogP contribution in [-0.2, 0) is 0 Å². The Balaban J connectivity index is 1.79. The fourth-order valence-electron chi connectivity index (χ4n) is 1.91. The molecule has 0 saturated heterocycles. The van der Waals surface area contributed by atoms with Crippen LogP contribution in [0.15, 0.2) is 35.8 Å². The second kappa shape index (κ2) is 5.25. The average Bonchev–Trinajstić information content (AvgIpc) is 3.07. The van der Waals surface area contributed by atoms with Gasteiger partial charge in [0, 0.05) is 5.39 Å². The number of carbonyl (C=O) groups is 2. The van der Waals surface area contributed by atoms with Gasteiger partial charge in [0.15, 0.2) is 0 Å². The van der Waals surface area contributed by atoms with Crippen LogP contribution >= 0.6 is 11.3 Å². The van der Waals surface area contributed by atoms with E-state index in [0.717, 1.165) is 22.2 Å². The van der Waals surface area contributed by atoms with Crippen molar-refractivity contribution in [3.8, 4) is 0 Å². The normalized spacial score (nSPS) is 10.5. The van der Waals surface area contributed by atoms with E-state index in [0.29, 0.717) is 10.7 Å². The predicted molar refractivity (Wildman–Crippen MR) is 80.0 cm³/mol. The number of carboxylic acids is 1. The zero-order chi connectivity index (χ0) is 14.8. The summed E-state index contributed by atoms with van der Waals surface area (Å²) in [6.07, 6.45) is 1.61. The molecule has 7 nitrogen and oxygen atoms in total. The summed E-state index contributed by atoms with van der Waals surface area (Å²) < 4.78 is 0. The third-order valence-electron chi connectivity index (χ3n) is 2.86. The Morgan fingerprint density at radius 3 is 2.90 bits per heavy atom. The molecule has 4 N–H and O–H groups in total. The zero-order valence-electron chi connectivity index (χ0n) is 10.6. The lowest BCUT2D eigenvalue weighted by Crippen LogP contribution is -2.20. The number of thiophene rings is 1. The second-order valence-electron chi connectivity index (χ2n) is 4.18. The Hall–Kier alpha value is -2.87. The number of anilines is 2. The third-order valence-corrected chi connectivity index (χ3v) is 3.69. The van der Waals surface area contributed by atoms with Gasteiger partial charge in [0.1, 0.15) is 5.00 Å². The molecule has 2 heterocycles. The number of aromatic nitrogens is 2. The summed E-state index contributed by atoms with van der Waals surface area (Å²) in [7, 11) is 0. The van der Waals surface area contributed by atoms with Crippen LogP contribution in [0.3, 0.4) is 0 Å². The van der Waals surface area contributed by atoms with Crippen molar-refractivity contribution in [2.45, 2.75) is 0 Å². The van der Waals surface area contributed by atoms with Crippen molar-refractivity contribution in [2.24, 2.45) is 0 Å². The molecule has 3 rings (SSSR count). The number of benzene rings is 1. The summed E-state index contributed by atoms with van der Waals surface area (Å²) in [5, 5.41) is 23.6. The summed E-state index contributed by atoms with van der Waals surface area (Å²) in [6.45, 7) is 0. The smallest absolute Gasteiger partial charge is 0.338 e. The Morgan fingerprint density at radius 2 is 2.10 bits per heavy atom. The molecule has 0 unspecified atom stereocenters. The van der Waals surface area contributed by atoms with Gasteiger partial charge in [-0.2, -0.15) is 5.10 Å². The van der Waals surface area contributed by atoms with E-state index in [1.807, 2.05) is 6.07 Å². The number of hydrogen-bond donors (Lipinski definition) is 4. The van der Waals surface area contributed by atoms with Crippen molar-refractivity contribution in [3.05, 3.63) is 41.4 Å². The van der Waals surface area contributed by atoms with Crippen LogP contribution in [0.5, 0.6) is 0 Å². The van der Waals surface area contributed by atoms with Crippen molar-refractivity contribution in [3.63, 3.8) is 0 Å². The van der Waals surface area contributed by atoms with Crippen molar-refractivity contribution < 1.29 is 14.7 Å². The highest BCUT2D eigenvalue weighted by molar-refractivity contribution is 7.14. The van der Waals surface area contributed by atoms with Gasteiger partial charge in [0.05, 0.1) is 23.0 Å². The maximum Gasteiger partial charge on any atom is 0.338 e. The van der Waals surface area contributed by atoms with E-state index in [-0.39, 0.29) is 5.56 Å². The fourth-order valence-corrected chi connectivity index (χ4v) is 2.68. The van der Waals surface area contributed by atoms with Crippen molar-refractivity contribution in [1.82, 2.24) is 10.2 Å². The fraction of sp³-hybridized carbons (Fsp3) is 0. The van der Waals surface area contributed by atoms with Gasteiger partial charge in [-0.3, -0.25) is 10.4 Å². The standard InChI is InChI=1S/C13H10N4O3S/c18-12(19)7-4-5-21-11(7)16-13(20)15-9-2-1-3-10-8(9)6-14-17-10/h1-6H,(H,14,17)(H,18,19)(H2,15,16,20). The molecular formula is C13H10N4O3S. The molecule has 0 radical (unpaired) electrons. The summed E-state index contributed by atoms with van der Waals surface area (Å²) in [6, 6.07) is 6.30. The Morgan fingerprint density at radius 1 is 1.24 bits per heavy atom. The van der Waals surface area contributed by atoms with Crippen molar-refractivity contribution >= 4 is 44.9 Å². The molecule has 0 atom stereocenters. The Bertz CT molecular complexity index is 824. The number of urea groups is 1. The molecule has 0 aliphatic carbocycles. The van der Waals surface area contributed by atoms with Gasteiger partial charge in [0.2, 0.25) is 0 Å². The largest absolute Gasteiger partial charge is 0.478 e. The number of carbonyl (C=O) groups excluding carboxylic acids is 1. The van der Waals surface area contributed by atoms with Gasteiger partial charge in [-0.15, -0.1) is 11.3 Å². The average molecular weight is 302 g/mol. The lowest BCUT2D eigenvalue weighted by atomic mass is 10.2. The molecule has 2 aromatic heterocycles. The van der Waals surface area contributed by atoms with E-state index in [4.69, 9.17) is 5.11 Å². The number of aromatic carboxylic acids is 1. The highest BCUT2D eigenvalue weighted by Crippen LogP contribution is 2.24. The number of aromatic amines is 1. The topological polar surface area (TPSA) is 107 Å². The van der Waals surface area contributed by atoms with E-state index in [1.165, 1.54) is 6.07 Å². The molecule has 8 heteroatoms. The second-order valence-corrected chi connectivity index (χ2v) is 5.10. The molecule has 106 valence electrons. The summed E-state index contributed by atoms with van der Waals surface area (Å²) in [4.78, 5) is 23.0. The molecular weight excluding hydrogens is 292 g/mol. The first-order valence-corrected chi connectivity index (χ1v) is 6.84. The number of nitrogens with zero attached hydrogens (tertiary/aromatic N) is 1. The maximum atomic E-state index is 12.0.